The lowest BCUT2D eigenvalue weighted by atomic mass is 10.2. The summed E-state index contributed by atoms with van der Waals surface area (Å²) in [5, 5.41) is 5.12. The van der Waals surface area contributed by atoms with Crippen LogP contribution >= 0.6 is 11.6 Å². The van der Waals surface area contributed by atoms with Crippen LogP contribution in [0.15, 0.2) is 23.1 Å². The normalized spacial score (nSPS) is 11.3. The number of sulfonamides is 1. The van der Waals surface area contributed by atoms with Crippen molar-refractivity contribution >= 4 is 27.5 Å². The lowest BCUT2D eigenvalue weighted by Gasteiger charge is -2.17. The van der Waals surface area contributed by atoms with Crippen molar-refractivity contribution < 1.29 is 13.2 Å². The maximum absolute atomic E-state index is 12.0. The number of hydrogen-bond donors (Lipinski definition) is 1. The van der Waals surface area contributed by atoms with Gasteiger partial charge in [0.1, 0.15) is 0 Å². The Hall–Kier alpha value is -1.11. The topological polar surface area (TPSA) is 80.5 Å². The van der Waals surface area contributed by atoms with E-state index in [9.17, 15) is 13.2 Å². The summed E-state index contributed by atoms with van der Waals surface area (Å²) in [6.45, 7) is 2.21. The predicted molar refractivity (Wildman–Crippen MR) is 65.5 cm³/mol. The van der Waals surface area contributed by atoms with Gasteiger partial charge in [0.15, 0.2) is 0 Å². The SMILES string of the molecule is CCN(C)C(=O)c1c(Cl)cccc1S(N)(=O)=O. The van der Waals surface area contributed by atoms with Gasteiger partial charge in [-0.05, 0) is 19.1 Å². The van der Waals surface area contributed by atoms with Gasteiger partial charge in [0, 0.05) is 13.6 Å². The molecule has 17 heavy (non-hydrogen) atoms. The Morgan fingerprint density at radius 1 is 1.47 bits per heavy atom. The summed E-state index contributed by atoms with van der Waals surface area (Å²) >= 11 is 5.86. The summed E-state index contributed by atoms with van der Waals surface area (Å²) in [6.07, 6.45) is 0. The van der Waals surface area contributed by atoms with Crippen LogP contribution in [0, 0.1) is 0 Å². The molecule has 0 heterocycles. The Morgan fingerprint density at radius 3 is 2.53 bits per heavy atom. The van der Waals surface area contributed by atoms with E-state index in [0.717, 1.165) is 0 Å². The number of nitrogens with zero attached hydrogens (tertiary/aromatic N) is 1. The molecule has 0 aliphatic heterocycles. The molecule has 0 spiro atoms. The van der Waals surface area contributed by atoms with Gasteiger partial charge in [-0.25, -0.2) is 13.6 Å². The minimum absolute atomic E-state index is 0.0711. The Labute approximate surface area is 105 Å². The van der Waals surface area contributed by atoms with Crippen LogP contribution in [-0.4, -0.2) is 32.8 Å². The third-order valence-electron chi connectivity index (χ3n) is 2.32. The molecule has 0 bridgehead atoms. The van der Waals surface area contributed by atoms with Crippen molar-refractivity contribution in [3.05, 3.63) is 28.8 Å². The quantitative estimate of drug-likeness (QED) is 0.897. The zero-order chi connectivity index (χ0) is 13.2. The number of halogens is 1. The van der Waals surface area contributed by atoms with E-state index in [4.69, 9.17) is 16.7 Å². The van der Waals surface area contributed by atoms with Gasteiger partial charge in [-0.1, -0.05) is 17.7 Å². The molecule has 94 valence electrons. The van der Waals surface area contributed by atoms with Crippen molar-refractivity contribution in [1.29, 1.82) is 0 Å². The molecular weight excluding hydrogens is 264 g/mol. The molecule has 0 fully saturated rings. The highest BCUT2D eigenvalue weighted by molar-refractivity contribution is 7.89. The van der Waals surface area contributed by atoms with Crippen molar-refractivity contribution in [3.63, 3.8) is 0 Å². The highest BCUT2D eigenvalue weighted by Gasteiger charge is 2.23. The number of carbonyl (C=O) groups excluding carboxylic acids is 1. The molecule has 1 amide bonds. The maximum Gasteiger partial charge on any atom is 0.256 e. The second-order valence-electron chi connectivity index (χ2n) is 3.48. The lowest BCUT2D eigenvalue weighted by molar-refractivity contribution is 0.0799. The van der Waals surface area contributed by atoms with E-state index in [1.165, 1.54) is 23.1 Å². The van der Waals surface area contributed by atoms with Crippen molar-refractivity contribution in [1.82, 2.24) is 4.90 Å². The number of benzene rings is 1. The van der Waals surface area contributed by atoms with E-state index in [1.54, 1.807) is 14.0 Å². The smallest absolute Gasteiger partial charge is 0.256 e. The van der Waals surface area contributed by atoms with Gasteiger partial charge in [0.25, 0.3) is 5.91 Å². The molecule has 0 aliphatic carbocycles. The molecule has 0 aliphatic rings. The van der Waals surface area contributed by atoms with Crippen LogP contribution in [0.5, 0.6) is 0 Å². The highest BCUT2D eigenvalue weighted by Crippen LogP contribution is 2.24. The molecule has 1 aromatic rings. The van der Waals surface area contributed by atoms with E-state index >= 15 is 0 Å². The molecule has 0 radical (unpaired) electrons. The largest absolute Gasteiger partial charge is 0.342 e. The van der Waals surface area contributed by atoms with E-state index in [2.05, 4.69) is 0 Å². The predicted octanol–water partition coefficient (Wildman–Crippen LogP) is 1.08. The second kappa shape index (κ2) is 5.03. The summed E-state index contributed by atoms with van der Waals surface area (Å²) in [4.78, 5) is 13.1. The fourth-order valence-corrected chi connectivity index (χ4v) is 2.34. The Morgan fingerprint density at radius 2 is 2.06 bits per heavy atom. The minimum Gasteiger partial charge on any atom is -0.342 e. The molecule has 5 nitrogen and oxygen atoms in total. The van der Waals surface area contributed by atoms with E-state index in [0.29, 0.717) is 6.54 Å². The molecule has 7 heteroatoms. The van der Waals surface area contributed by atoms with Crippen LogP contribution in [0.25, 0.3) is 0 Å². The van der Waals surface area contributed by atoms with E-state index < -0.39 is 15.9 Å². The van der Waals surface area contributed by atoms with Gasteiger partial charge in [-0.2, -0.15) is 0 Å². The summed E-state index contributed by atoms with van der Waals surface area (Å²) < 4.78 is 22.7. The van der Waals surface area contributed by atoms with E-state index in [1.807, 2.05) is 0 Å². The number of hydrogen-bond acceptors (Lipinski definition) is 3. The first-order valence-electron chi connectivity index (χ1n) is 4.85. The second-order valence-corrected chi connectivity index (χ2v) is 5.41. The molecule has 0 atom stereocenters. The van der Waals surface area contributed by atoms with Gasteiger partial charge in [-0.3, -0.25) is 4.79 Å². The van der Waals surface area contributed by atoms with Gasteiger partial charge in [0.05, 0.1) is 15.5 Å². The van der Waals surface area contributed by atoms with E-state index in [-0.39, 0.29) is 15.5 Å². The molecule has 0 unspecified atom stereocenters. The fourth-order valence-electron chi connectivity index (χ4n) is 1.28. The first kappa shape index (κ1) is 14.0. The monoisotopic (exact) mass is 276 g/mol. The zero-order valence-electron chi connectivity index (χ0n) is 9.47. The van der Waals surface area contributed by atoms with Crippen LogP contribution < -0.4 is 5.14 Å². The number of nitrogens with two attached hydrogens (primary N) is 1. The van der Waals surface area contributed by atoms with Crippen molar-refractivity contribution in [3.8, 4) is 0 Å². The summed E-state index contributed by atoms with van der Waals surface area (Å²) in [5.41, 5.74) is -0.0824. The summed E-state index contributed by atoms with van der Waals surface area (Å²) in [6, 6.07) is 4.15. The first-order chi connectivity index (χ1) is 7.79. The molecule has 2 N–H and O–H groups in total. The minimum atomic E-state index is -3.97. The number of amides is 1. The Kier molecular flexibility index (Phi) is 4.13. The van der Waals surface area contributed by atoms with Gasteiger partial charge in [-0.15, -0.1) is 0 Å². The average molecular weight is 277 g/mol. The van der Waals surface area contributed by atoms with Gasteiger partial charge in [0.2, 0.25) is 10.0 Å². The van der Waals surface area contributed by atoms with Crippen molar-refractivity contribution in [2.75, 3.05) is 13.6 Å². The number of primary sulfonamides is 1. The fraction of sp³-hybridized carbons (Fsp3) is 0.300. The zero-order valence-corrected chi connectivity index (χ0v) is 11.0. The number of rotatable bonds is 3. The standard InChI is InChI=1S/C10H13ClN2O3S/c1-3-13(2)10(14)9-7(11)5-4-6-8(9)17(12,15)16/h4-6H,3H2,1-2H3,(H2,12,15,16). The van der Waals surface area contributed by atoms with Crippen LogP contribution in [-0.2, 0) is 10.0 Å². The third-order valence-corrected chi connectivity index (χ3v) is 3.59. The molecule has 1 rings (SSSR count). The Balaban J connectivity index is 3.47. The van der Waals surface area contributed by atoms with Crippen molar-refractivity contribution in [2.24, 2.45) is 5.14 Å². The molecule has 0 aromatic heterocycles. The average Bonchev–Trinajstić information content (AvgIpc) is 2.25. The lowest BCUT2D eigenvalue weighted by Crippen LogP contribution is -2.29. The van der Waals surface area contributed by atoms with Gasteiger partial charge >= 0.3 is 0 Å². The summed E-state index contributed by atoms with van der Waals surface area (Å²) in [5.74, 6) is -0.470. The summed E-state index contributed by atoms with van der Waals surface area (Å²) in [7, 11) is -2.42. The van der Waals surface area contributed by atoms with Crippen LogP contribution in [0.2, 0.25) is 5.02 Å². The van der Waals surface area contributed by atoms with Gasteiger partial charge < -0.3 is 4.90 Å². The molecule has 1 aromatic carbocycles. The van der Waals surface area contributed by atoms with Crippen molar-refractivity contribution in [2.45, 2.75) is 11.8 Å². The van der Waals surface area contributed by atoms with Crippen LogP contribution in [0.4, 0.5) is 0 Å². The molecular formula is C10H13ClN2O3S. The van der Waals surface area contributed by atoms with Crippen LogP contribution in [0.3, 0.4) is 0 Å². The highest BCUT2D eigenvalue weighted by atomic mass is 35.5. The number of carbonyl (C=O) groups is 1. The molecule has 0 saturated heterocycles. The molecule has 0 saturated carbocycles. The maximum atomic E-state index is 12.0. The van der Waals surface area contributed by atoms with Crippen LogP contribution in [0.1, 0.15) is 17.3 Å². The Bertz CT molecular complexity index is 542. The third kappa shape index (κ3) is 2.96. The first-order valence-corrected chi connectivity index (χ1v) is 6.78.